The van der Waals surface area contributed by atoms with E-state index in [4.69, 9.17) is 5.73 Å². The molecule has 1 aromatic rings. The lowest BCUT2D eigenvalue weighted by atomic mass is 10.1. The number of aromatic nitrogens is 2. The fourth-order valence-corrected chi connectivity index (χ4v) is 2.14. The van der Waals surface area contributed by atoms with Gasteiger partial charge in [-0.1, -0.05) is 0 Å². The number of nitrogens with one attached hydrogen (secondary N) is 1. The molecule has 1 saturated carbocycles. The second-order valence-electron chi connectivity index (χ2n) is 4.04. The van der Waals surface area contributed by atoms with Gasteiger partial charge in [-0.2, -0.15) is 0 Å². The summed E-state index contributed by atoms with van der Waals surface area (Å²) in [5, 5.41) is 3.24. The molecule has 1 aliphatic rings. The summed E-state index contributed by atoms with van der Waals surface area (Å²) in [5.41, 5.74) is 5.85. The molecule has 15 heavy (non-hydrogen) atoms. The largest absolute Gasteiger partial charge is 0.354 e. The summed E-state index contributed by atoms with van der Waals surface area (Å²) in [5.74, 6) is 1.37. The number of rotatable bonds is 3. The third kappa shape index (κ3) is 3.14. The van der Waals surface area contributed by atoms with Crippen molar-refractivity contribution in [2.45, 2.75) is 25.3 Å². The predicted octanol–water partition coefficient (Wildman–Crippen LogP) is 1.78. The van der Waals surface area contributed by atoms with Gasteiger partial charge in [-0.25, -0.2) is 9.97 Å². The van der Waals surface area contributed by atoms with Gasteiger partial charge in [0.15, 0.2) is 0 Å². The third-order valence-electron chi connectivity index (χ3n) is 2.75. The molecule has 0 amide bonds. The Kier molecular flexibility index (Phi) is 3.53. The molecule has 0 bridgehead atoms. The molecule has 5 heteroatoms. The van der Waals surface area contributed by atoms with Crippen LogP contribution in [-0.2, 0) is 0 Å². The Balaban J connectivity index is 1.80. The molecule has 2 rings (SSSR count). The summed E-state index contributed by atoms with van der Waals surface area (Å²) in [4.78, 5) is 8.32. The summed E-state index contributed by atoms with van der Waals surface area (Å²) in [7, 11) is 0. The fraction of sp³-hybridized carbons (Fsp3) is 0.600. The van der Waals surface area contributed by atoms with E-state index in [0.29, 0.717) is 17.9 Å². The van der Waals surface area contributed by atoms with Gasteiger partial charge in [-0.3, -0.25) is 0 Å². The second kappa shape index (κ2) is 4.90. The lowest BCUT2D eigenvalue weighted by Crippen LogP contribution is -2.18. The number of nitrogens with two attached hydrogens (primary N) is 1. The Morgan fingerprint density at radius 1 is 1.40 bits per heavy atom. The molecular weight excluding hydrogens is 256 g/mol. The Morgan fingerprint density at radius 3 is 2.73 bits per heavy atom. The van der Waals surface area contributed by atoms with Crippen molar-refractivity contribution in [3.05, 3.63) is 16.9 Å². The Bertz CT molecular complexity index is 314. The van der Waals surface area contributed by atoms with Crippen LogP contribution in [0.2, 0.25) is 0 Å². The molecule has 82 valence electrons. The van der Waals surface area contributed by atoms with E-state index in [9.17, 15) is 0 Å². The van der Waals surface area contributed by atoms with Crippen LogP contribution < -0.4 is 11.1 Å². The Hall–Kier alpha value is -0.680. The molecule has 0 saturated heterocycles. The van der Waals surface area contributed by atoms with Crippen LogP contribution in [0.3, 0.4) is 0 Å². The molecule has 0 radical (unpaired) electrons. The average Bonchev–Trinajstić information content (AvgIpc) is 2.64. The first-order valence-corrected chi connectivity index (χ1v) is 6.00. The average molecular weight is 271 g/mol. The smallest absolute Gasteiger partial charge is 0.222 e. The molecule has 0 aromatic carbocycles. The monoisotopic (exact) mass is 270 g/mol. The van der Waals surface area contributed by atoms with Crippen LogP contribution in [0.1, 0.15) is 19.3 Å². The van der Waals surface area contributed by atoms with Crippen molar-refractivity contribution in [1.29, 1.82) is 0 Å². The van der Waals surface area contributed by atoms with E-state index >= 15 is 0 Å². The predicted molar refractivity (Wildman–Crippen MR) is 63.5 cm³/mol. The molecule has 3 N–H and O–H groups in total. The summed E-state index contributed by atoms with van der Waals surface area (Å²) in [6.45, 7) is 0.926. The number of anilines is 1. The van der Waals surface area contributed by atoms with Crippen molar-refractivity contribution in [2.75, 3.05) is 11.9 Å². The van der Waals surface area contributed by atoms with E-state index in [2.05, 4.69) is 31.2 Å². The van der Waals surface area contributed by atoms with Crippen molar-refractivity contribution >= 4 is 21.9 Å². The van der Waals surface area contributed by atoms with Crippen molar-refractivity contribution < 1.29 is 0 Å². The van der Waals surface area contributed by atoms with Gasteiger partial charge >= 0.3 is 0 Å². The molecule has 4 nitrogen and oxygen atoms in total. The molecule has 0 spiro atoms. The SMILES string of the molecule is NC1CCC(CNc2ncc(Br)cn2)C1. The zero-order chi connectivity index (χ0) is 10.7. The lowest BCUT2D eigenvalue weighted by molar-refractivity contribution is 0.564. The minimum absolute atomic E-state index is 0.391. The number of hydrogen-bond donors (Lipinski definition) is 2. The van der Waals surface area contributed by atoms with E-state index < -0.39 is 0 Å². The number of hydrogen-bond acceptors (Lipinski definition) is 4. The van der Waals surface area contributed by atoms with Crippen LogP contribution in [0.15, 0.2) is 16.9 Å². The minimum Gasteiger partial charge on any atom is -0.354 e. The third-order valence-corrected chi connectivity index (χ3v) is 3.16. The minimum atomic E-state index is 0.391. The molecule has 1 aromatic heterocycles. The maximum absolute atomic E-state index is 5.85. The van der Waals surface area contributed by atoms with Gasteiger partial charge in [0.25, 0.3) is 0 Å². The van der Waals surface area contributed by atoms with E-state index in [-0.39, 0.29) is 0 Å². The summed E-state index contributed by atoms with van der Waals surface area (Å²) >= 11 is 3.30. The first-order valence-electron chi connectivity index (χ1n) is 5.21. The van der Waals surface area contributed by atoms with E-state index in [0.717, 1.165) is 23.9 Å². The lowest BCUT2D eigenvalue weighted by Gasteiger charge is -2.10. The Labute approximate surface area is 97.8 Å². The van der Waals surface area contributed by atoms with Crippen molar-refractivity contribution in [3.8, 4) is 0 Å². The standard InChI is InChI=1S/C10H15BrN4/c11-8-5-14-10(15-6-8)13-4-7-1-2-9(12)3-7/h5-7,9H,1-4,12H2,(H,13,14,15). The highest BCUT2D eigenvalue weighted by Crippen LogP contribution is 2.23. The van der Waals surface area contributed by atoms with E-state index in [1.165, 1.54) is 6.42 Å². The van der Waals surface area contributed by atoms with Crippen LogP contribution in [0.5, 0.6) is 0 Å². The van der Waals surface area contributed by atoms with Gasteiger partial charge in [-0.05, 0) is 41.1 Å². The maximum atomic E-state index is 5.85. The van der Waals surface area contributed by atoms with E-state index in [1.54, 1.807) is 12.4 Å². The van der Waals surface area contributed by atoms with Crippen molar-refractivity contribution in [3.63, 3.8) is 0 Å². The molecule has 2 atom stereocenters. The van der Waals surface area contributed by atoms with Crippen LogP contribution >= 0.6 is 15.9 Å². The van der Waals surface area contributed by atoms with Gasteiger partial charge in [0.1, 0.15) is 0 Å². The highest BCUT2D eigenvalue weighted by atomic mass is 79.9. The highest BCUT2D eigenvalue weighted by molar-refractivity contribution is 9.10. The summed E-state index contributed by atoms with van der Waals surface area (Å²) in [6.07, 6.45) is 6.97. The normalized spacial score (nSPS) is 25.5. The topological polar surface area (TPSA) is 63.8 Å². The van der Waals surface area contributed by atoms with Crippen molar-refractivity contribution in [2.24, 2.45) is 11.7 Å². The highest BCUT2D eigenvalue weighted by Gasteiger charge is 2.21. The van der Waals surface area contributed by atoms with E-state index in [1.807, 2.05) is 0 Å². The van der Waals surface area contributed by atoms with Gasteiger partial charge in [0.05, 0.1) is 4.47 Å². The van der Waals surface area contributed by atoms with Crippen LogP contribution in [0, 0.1) is 5.92 Å². The van der Waals surface area contributed by atoms with Gasteiger partial charge in [0.2, 0.25) is 5.95 Å². The molecule has 1 aliphatic carbocycles. The number of nitrogens with zero attached hydrogens (tertiary/aromatic N) is 2. The zero-order valence-electron chi connectivity index (χ0n) is 8.49. The molecule has 1 fully saturated rings. The Morgan fingerprint density at radius 2 is 2.13 bits per heavy atom. The van der Waals surface area contributed by atoms with Crippen LogP contribution in [-0.4, -0.2) is 22.6 Å². The fourth-order valence-electron chi connectivity index (χ4n) is 1.94. The molecule has 2 unspecified atom stereocenters. The van der Waals surface area contributed by atoms with Gasteiger partial charge in [0, 0.05) is 25.0 Å². The second-order valence-corrected chi connectivity index (χ2v) is 4.96. The maximum Gasteiger partial charge on any atom is 0.222 e. The molecular formula is C10H15BrN4. The quantitative estimate of drug-likeness (QED) is 0.879. The zero-order valence-corrected chi connectivity index (χ0v) is 10.1. The van der Waals surface area contributed by atoms with Crippen LogP contribution in [0.25, 0.3) is 0 Å². The van der Waals surface area contributed by atoms with Gasteiger partial charge in [-0.15, -0.1) is 0 Å². The van der Waals surface area contributed by atoms with Crippen LogP contribution in [0.4, 0.5) is 5.95 Å². The molecule has 1 heterocycles. The first-order chi connectivity index (χ1) is 7.24. The first kappa shape index (κ1) is 10.8. The number of halogens is 1. The molecule has 0 aliphatic heterocycles. The summed E-state index contributed by atoms with van der Waals surface area (Å²) in [6, 6.07) is 0.391. The van der Waals surface area contributed by atoms with Gasteiger partial charge < -0.3 is 11.1 Å². The van der Waals surface area contributed by atoms with Crippen molar-refractivity contribution in [1.82, 2.24) is 9.97 Å². The summed E-state index contributed by atoms with van der Waals surface area (Å²) < 4.78 is 0.899.